The number of nitro benzene ring substituents is 2. The number of carbonyl (C=O) groups excluding carboxylic acids is 3. The molecule has 2 aromatic rings. The number of methoxy groups -OCH3 is 2. The number of rotatable bonds is 12. The zero-order chi connectivity index (χ0) is 30.4. The molecule has 0 saturated carbocycles. The molecule has 15 nitrogen and oxygen atoms in total. The highest BCUT2D eigenvalue weighted by Gasteiger charge is 2.51. The summed E-state index contributed by atoms with van der Waals surface area (Å²) in [7, 11) is 2.71. The number of esters is 1. The second kappa shape index (κ2) is 13.4. The zero-order valence-electron chi connectivity index (χ0n) is 22.7. The van der Waals surface area contributed by atoms with Crippen LogP contribution in [0.15, 0.2) is 36.4 Å². The van der Waals surface area contributed by atoms with E-state index >= 15 is 0 Å². The summed E-state index contributed by atoms with van der Waals surface area (Å²) < 4.78 is 20.8. The predicted molar refractivity (Wildman–Crippen MR) is 148 cm³/mol. The number of nitrogens with zero attached hydrogens (tertiary/aromatic N) is 3. The van der Waals surface area contributed by atoms with Crippen molar-refractivity contribution in [2.75, 3.05) is 20.0 Å². The quantitative estimate of drug-likeness (QED) is 0.0909. The molecule has 2 fully saturated rings. The van der Waals surface area contributed by atoms with Gasteiger partial charge in [-0.3, -0.25) is 25.0 Å². The number of fused-ring (bicyclic) bond motifs is 1. The lowest BCUT2D eigenvalue weighted by molar-refractivity contribution is -0.385. The number of unbranched alkanes of at least 4 members (excludes halogenated alkanes) is 1. The molecule has 0 aromatic heterocycles. The molecule has 4 rings (SSSR count). The summed E-state index contributed by atoms with van der Waals surface area (Å²) in [4.78, 5) is 59.8. The van der Waals surface area contributed by atoms with E-state index in [1.165, 1.54) is 50.6 Å². The Morgan fingerprint density at radius 1 is 1.05 bits per heavy atom. The van der Waals surface area contributed by atoms with E-state index in [2.05, 4.69) is 5.32 Å². The highest BCUT2D eigenvalue weighted by Crippen LogP contribution is 2.38. The van der Waals surface area contributed by atoms with Crippen molar-refractivity contribution in [1.29, 1.82) is 0 Å². The summed E-state index contributed by atoms with van der Waals surface area (Å²) in [5.74, 6) is 0.626. The summed E-state index contributed by atoms with van der Waals surface area (Å²) in [5, 5.41) is 25.1. The second-order valence-electron chi connectivity index (χ2n) is 9.40. The van der Waals surface area contributed by atoms with E-state index in [-0.39, 0.29) is 51.9 Å². The average molecular weight is 605 g/mol. The molecule has 3 atom stereocenters. The first-order chi connectivity index (χ1) is 20.1. The van der Waals surface area contributed by atoms with Crippen LogP contribution in [0.1, 0.15) is 31.2 Å². The van der Waals surface area contributed by atoms with Crippen molar-refractivity contribution in [3.05, 3.63) is 62.2 Å². The molecule has 224 valence electrons. The van der Waals surface area contributed by atoms with Crippen LogP contribution in [-0.4, -0.2) is 70.1 Å². The summed E-state index contributed by atoms with van der Waals surface area (Å²) in [5.41, 5.74) is -0.347. The fourth-order valence-corrected chi connectivity index (χ4v) is 6.37. The second-order valence-corrected chi connectivity index (χ2v) is 10.7. The molecular weight excluding hydrogens is 576 g/mol. The van der Waals surface area contributed by atoms with Gasteiger partial charge in [0.25, 0.3) is 11.4 Å². The lowest BCUT2D eigenvalue weighted by Gasteiger charge is -2.20. The Morgan fingerprint density at radius 2 is 1.74 bits per heavy atom. The maximum Gasteiger partial charge on any atom is 0.418 e. The minimum atomic E-state index is -0.917. The third kappa shape index (κ3) is 6.82. The summed E-state index contributed by atoms with van der Waals surface area (Å²) in [6.07, 6.45) is 1.11. The van der Waals surface area contributed by atoms with Gasteiger partial charge in [0.1, 0.15) is 12.4 Å². The maximum atomic E-state index is 12.9. The van der Waals surface area contributed by atoms with Gasteiger partial charge >= 0.3 is 18.1 Å². The number of hydrogen-bond donors (Lipinski definition) is 1. The van der Waals surface area contributed by atoms with Gasteiger partial charge in [0.15, 0.2) is 11.5 Å². The topological polar surface area (TPSA) is 190 Å². The number of amides is 3. The van der Waals surface area contributed by atoms with Crippen LogP contribution < -0.4 is 19.5 Å². The van der Waals surface area contributed by atoms with Crippen LogP contribution in [0.5, 0.6) is 17.2 Å². The van der Waals surface area contributed by atoms with Gasteiger partial charge in [-0.25, -0.2) is 14.5 Å². The van der Waals surface area contributed by atoms with Crippen LogP contribution in [0.25, 0.3) is 0 Å². The number of hydrogen-bond acceptors (Lipinski definition) is 12. The first-order valence-electron chi connectivity index (χ1n) is 12.9. The monoisotopic (exact) mass is 604 g/mol. The van der Waals surface area contributed by atoms with Gasteiger partial charge in [-0.1, -0.05) is 6.42 Å². The minimum Gasteiger partial charge on any atom is -0.493 e. The van der Waals surface area contributed by atoms with Crippen molar-refractivity contribution in [1.82, 2.24) is 10.2 Å². The molecule has 0 spiro atoms. The SMILES string of the molecule is COc1cc(COC(=O)N2C(=O)N[C@@H]3[C@H](CCCCC(=O)Oc4ccc([N+](=O)[O-])cc4)SC[C@@H]32)c([N+](=O)[O-])cc1OC. The Kier molecular flexibility index (Phi) is 9.67. The van der Waals surface area contributed by atoms with Crippen molar-refractivity contribution in [3.8, 4) is 17.2 Å². The number of benzene rings is 2. The molecular formula is C26H28N4O11S. The minimum absolute atomic E-state index is 0.00868. The summed E-state index contributed by atoms with van der Waals surface area (Å²) >= 11 is 1.60. The predicted octanol–water partition coefficient (Wildman–Crippen LogP) is 4.20. The van der Waals surface area contributed by atoms with E-state index in [0.29, 0.717) is 25.0 Å². The van der Waals surface area contributed by atoms with Gasteiger partial charge in [0, 0.05) is 29.6 Å². The number of nitrogens with one attached hydrogen (secondary N) is 1. The van der Waals surface area contributed by atoms with Crippen molar-refractivity contribution >= 4 is 41.2 Å². The van der Waals surface area contributed by atoms with E-state index in [4.69, 9.17) is 18.9 Å². The molecule has 2 aliphatic heterocycles. The summed E-state index contributed by atoms with van der Waals surface area (Å²) in [6.45, 7) is -0.455. The smallest absolute Gasteiger partial charge is 0.418 e. The van der Waals surface area contributed by atoms with Crippen molar-refractivity contribution < 1.29 is 43.2 Å². The Hall–Kier alpha value is -4.60. The molecule has 1 N–H and O–H groups in total. The first-order valence-corrected chi connectivity index (χ1v) is 13.9. The number of urea groups is 1. The van der Waals surface area contributed by atoms with E-state index < -0.39 is 40.6 Å². The maximum absolute atomic E-state index is 12.9. The van der Waals surface area contributed by atoms with E-state index in [0.717, 1.165) is 4.90 Å². The molecule has 0 aliphatic carbocycles. The van der Waals surface area contributed by atoms with Crippen LogP contribution in [0, 0.1) is 20.2 Å². The highest BCUT2D eigenvalue weighted by atomic mass is 32.2. The van der Waals surface area contributed by atoms with Gasteiger partial charge in [0.2, 0.25) is 0 Å². The van der Waals surface area contributed by atoms with Crippen LogP contribution in [0.2, 0.25) is 0 Å². The van der Waals surface area contributed by atoms with Gasteiger partial charge in [-0.2, -0.15) is 11.8 Å². The summed E-state index contributed by atoms with van der Waals surface area (Å²) in [6, 6.07) is 6.39. The molecule has 3 amide bonds. The number of nitro groups is 2. The fourth-order valence-electron chi connectivity index (χ4n) is 4.78. The van der Waals surface area contributed by atoms with E-state index in [1.54, 1.807) is 11.8 Å². The largest absolute Gasteiger partial charge is 0.493 e. The normalized spacial score (nSPS) is 19.0. The Labute approximate surface area is 243 Å². The molecule has 2 saturated heterocycles. The molecule has 2 aliphatic rings. The molecule has 2 heterocycles. The Balaban J connectivity index is 1.26. The number of imide groups is 1. The number of carbonyl (C=O) groups is 3. The molecule has 2 aromatic carbocycles. The number of non-ortho nitro benzene ring substituents is 1. The Bertz CT molecular complexity index is 1370. The van der Waals surface area contributed by atoms with Crippen LogP contribution >= 0.6 is 11.8 Å². The molecule has 0 radical (unpaired) electrons. The fraction of sp³-hybridized carbons (Fsp3) is 0.423. The van der Waals surface area contributed by atoms with Crippen LogP contribution in [0.3, 0.4) is 0 Å². The van der Waals surface area contributed by atoms with E-state index in [1.807, 2.05) is 0 Å². The molecule has 0 unspecified atom stereocenters. The van der Waals surface area contributed by atoms with Crippen LogP contribution in [0.4, 0.5) is 21.0 Å². The van der Waals surface area contributed by atoms with Gasteiger partial charge < -0.3 is 24.3 Å². The zero-order valence-corrected chi connectivity index (χ0v) is 23.5. The average Bonchev–Trinajstić information content (AvgIpc) is 3.51. The third-order valence-corrected chi connectivity index (χ3v) is 8.36. The van der Waals surface area contributed by atoms with E-state index in [9.17, 15) is 34.6 Å². The van der Waals surface area contributed by atoms with Gasteiger partial charge in [-0.05, 0) is 31.0 Å². The number of ether oxygens (including phenoxy) is 4. The van der Waals surface area contributed by atoms with Crippen molar-refractivity contribution in [2.45, 2.75) is 49.6 Å². The third-order valence-electron chi connectivity index (χ3n) is 6.86. The standard InChI is InChI=1S/C26H28N4O11S/c1-38-20-11-15(18(30(36)37)12-21(20)39-2)13-40-26(33)28-19-14-42-22(24(19)27-25(28)32)5-3-4-6-23(31)41-17-9-7-16(8-10-17)29(34)35/h7-12,19,22,24H,3-6,13-14H2,1-2H3,(H,27,32)/t19-,22-,24-/m0/s1. The first kappa shape index (κ1) is 30.4. The Morgan fingerprint density at radius 3 is 2.38 bits per heavy atom. The van der Waals surface area contributed by atoms with Gasteiger partial charge in [0.05, 0.1) is 47.8 Å². The lowest BCUT2D eigenvalue weighted by atomic mass is 10.0. The van der Waals surface area contributed by atoms with Gasteiger partial charge in [-0.15, -0.1) is 0 Å². The molecule has 16 heteroatoms. The van der Waals surface area contributed by atoms with Crippen molar-refractivity contribution in [2.24, 2.45) is 0 Å². The highest BCUT2D eigenvalue weighted by molar-refractivity contribution is 8.00. The van der Waals surface area contributed by atoms with Crippen LogP contribution in [-0.2, 0) is 16.1 Å². The number of thioether (sulfide) groups is 1. The lowest BCUT2D eigenvalue weighted by Crippen LogP contribution is -2.41. The molecule has 42 heavy (non-hydrogen) atoms. The van der Waals surface area contributed by atoms with Crippen molar-refractivity contribution in [3.63, 3.8) is 0 Å². The molecule has 0 bridgehead atoms.